The first-order valence-corrected chi connectivity index (χ1v) is 27.2. The molecule has 7 fully saturated rings. The fourth-order valence-electron chi connectivity index (χ4n) is 10.6. The van der Waals surface area contributed by atoms with Crippen molar-refractivity contribution >= 4 is 5.97 Å². The van der Waals surface area contributed by atoms with Crippen molar-refractivity contribution in [3.05, 3.63) is 35.9 Å². The minimum atomic E-state index is -2.43. The van der Waals surface area contributed by atoms with Gasteiger partial charge in [0.25, 0.3) is 0 Å². The zero-order valence-corrected chi connectivity index (χ0v) is 45.0. The Hall–Kier alpha value is -2.71. The van der Waals surface area contributed by atoms with Gasteiger partial charge in [0, 0.05) is 0 Å². The lowest BCUT2D eigenvalue weighted by Crippen LogP contribution is -2.68. The maximum Gasteiger partial charge on any atom is 0.338 e. The Morgan fingerprint density at radius 2 is 0.628 bits per heavy atom. The van der Waals surface area contributed by atoms with Crippen molar-refractivity contribution in [1.82, 2.24) is 0 Å². The summed E-state index contributed by atoms with van der Waals surface area (Å²) in [6.07, 6.45) is -71.3. The summed E-state index contributed by atoms with van der Waals surface area (Å²) < 4.78 is 79.1. The Kier molecular flexibility index (Phi) is 24.3. The molecular weight excluding hydrogens is 1180 g/mol. The molecule has 0 bridgehead atoms. The molecular formula is C49H76O37. The van der Waals surface area contributed by atoms with Gasteiger partial charge in [-0.3, -0.25) is 0 Å². The van der Waals surface area contributed by atoms with Crippen LogP contribution < -0.4 is 0 Å². The van der Waals surface area contributed by atoms with Crippen LogP contribution in [0.5, 0.6) is 0 Å². The molecule has 37 heteroatoms. The number of carbonyl (C=O) groups is 1. The highest BCUT2D eigenvalue weighted by Crippen LogP contribution is 2.37. The molecule has 0 aromatic heterocycles. The molecule has 33 unspecified atom stereocenters. The normalized spacial score (nSPS) is 49.5. The second-order valence-corrected chi connectivity index (χ2v) is 21.4. The quantitative estimate of drug-likeness (QED) is 0.0508. The van der Waals surface area contributed by atoms with Crippen molar-refractivity contribution in [3.63, 3.8) is 0 Å². The molecule has 7 aliphatic rings. The minimum absolute atomic E-state index is 0.0332. The van der Waals surface area contributed by atoms with Crippen molar-refractivity contribution in [2.45, 2.75) is 215 Å². The summed E-state index contributed by atoms with van der Waals surface area (Å²) in [7, 11) is 0. The molecule has 7 aliphatic heterocycles. The van der Waals surface area contributed by atoms with Crippen molar-refractivity contribution in [2.75, 3.05) is 46.2 Å². The molecule has 35 atom stereocenters. The number of benzene rings is 1. The molecule has 1 aromatic carbocycles. The van der Waals surface area contributed by atoms with Gasteiger partial charge in [0.1, 0.15) is 165 Å². The lowest BCUT2D eigenvalue weighted by molar-refractivity contribution is -0.398. The van der Waals surface area contributed by atoms with E-state index < -0.39 is 267 Å². The van der Waals surface area contributed by atoms with Crippen LogP contribution in [0, 0.1) is 0 Å². The van der Waals surface area contributed by atoms with Crippen molar-refractivity contribution in [1.29, 1.82) is 0 Å². The molecule has 0 saturated carbocycles. The molecule has 0 spiro atoms. The molecule has 1 aromatic rings. The maximum atomic E-state index is 13.2. The molecule has 86 heavy (non-hydrogen) atoms. The van der Waals surface area contributed by atoms with Gasteiger partial charge in [-0.1, -0.05) is 18.2 Å². The first kappa shape index (κ1) is 69.2. The Labute approximate surface area is 485 Å². The van der Waals surface area contributed by atoms with Gasteiger partial charge in [0.15, 0.2) is 50.1 Å². The van der Waals surface area contributed by atoms with Crippen LogP contribution in [0.15, 0.2) is 30.3 Å². The predicted octanol–water partition coefficient (Wildman–Crippen LogP) is -14.4. The summed E-state index contributed by atoms with van der Waals surface area (Å²) in [6, 6.07) is 7.25. The smallest absolute Gasteiger partial charge is 0.338 e. The van der Waals surface area contributed by atoms with Crippen LogP contribution in [-0.4, -0.2) is 380 Å². The average Bonchev–Trinajstić information content (AvgIpc) is 1.57. The van der Waals surface area contributed by atoms with Crippen LogP contribution >= 0.6 is 0 Å². The number of carbonyl (C=O) groups excluding carboxylic acids is 1. The lowest BCUT2D eigenvalue weighted by Gasteiger charge is -2.50. The Morgan fingerprint density at radius 3 is 1.06 bits per heavy atom. The van der Waals surface area contributed by atoms with Crippen molar-refractivity contribution in [3.8, 4) is 0 Å². The molecule has 494 valence electrons. The van der Waals surface area contributed by atoms with E-state index in [0.29, 0.717) is 0 Å². The summed E-state index contributed by atoms with van der Waals surface area (Å²) in [5.74, 6) is -1.05. The molecule has 0 aliphatic carbocycles. The number of hydrogen-bond acceptors (Lipinski definition) is 37. The van der Waals surface area contributed by atoms with Gasteiger partial charge in [0.2, 0.25) is 0 Å². The summed E-state index contributed by atoms with van der Waals surface area (Å²) in [5.41, 5.74) is -0.0332. The summed E-state index contributed by atoms with van der Waals surface area (Å²) in [5, 5.41) is 238. The van der Waals surface area contributed by atoms with Gasteiger partial charge in [-0.15, -0.1) is 0 Å². The van der Waals surface area contributed by atoms with E-state index >= 15 is 0 Å². The highest BCUT2D eigenvalue weighted by molar-refractivity contribution is 5.89. The molecule has 22 N–H and O–H groups in total. The van der Waals surface area contributed by atoms with Crippen LogP contribution in [0.25, 0.3) is 0 Å². The Balaban J connectivity index is 1.06. The zero-order valence-electron chi connectivity index (χ0n) is 45.0. The van der Waals surface area contributed by atoms with Crippen molar-refractivity contribution < 1.29 is 183 Å². The summed E-state index contributed by atoms with van der Waals surface area (Å²) in [6.45, 7) is -6.86. The second-order valence-electron chi connectivity index (χ2n) is 21.4. The topological polar surface area (TPSA) is 591 Å². The van der Waals surface area contributed by atoms with Gasteiger partial charge in [-0.05, 0) is 12.1 Å². The fourth-order valence-corrected chi connectivity index (χ4v) is 10.6. The Morgan fingerprint density at radius 1 is 0.314 bits per heavy atom. The van der Waals surface area contributed by atoms with Crippen LogP contribution in [-0.2, 0) is 66.3 Å². The van der Waals surface area contributed by atoms with Gasteiger partial charge in [-0.25, -0.2) is 4.79 Å². The monoisotopic (exact) mass is 1260 g/mol. The largest absolute Gasteiger partial charge is 0.450 e. The molecule has 8 rings (SSSR count). The van der Waals surface area contributed by atoms with Gasteiger partial charge >= 0.3 is 5.97 Å². The SMILES string of the molecule is O=C(OC1C(OCC2OC(OC3C(O)C(O)OC(CO)C3O)C(O)C(OC3OC(CO)C(O)C(OC4OC(COC5OC(CO)C(O)C(O)C5O)[C@H](O)C(OC5OC(CO)C(O)C(O)C5O)C4O)C3O)[C@H]2O)OC(CO)C(O)C1O)c1ccccc1. The van der Waals surface area contributed by atoms with Crippen LogP contribution in [0.3, 0.4) is 0 Å². The van der Waals surface area contributed by atoms with E-state index in [1.165, 1.54) is 24.3 Å². The van der Waals surface area contributed by atoms with E-state index in [9.17, 15) is 117 Å². The van der Waals surface area contributed by atoms with Gasteiger partial charge < -0.3 is 179 Å². The molecule has 37 nitrogen and oxygen atoms in total. The first-order valence-electron chi connectivity index (χ1n) is 27.2. The van der Waals surface area contributed by atoms with Crippen molar-refractivity contribution in [2.24, 2.45) is 0 Å². The number of aliphatic hydroxyl groups excluding tert-OH is 22. The van der Waals surface area contributed by atoms with E-state index in [4.69, 9.17) is 66.3 Å². The number of rotatable bonds is 21. The zero-order chi connectivity index (χ0) is 62.7. The summed E-state index contributed by atoms with van der Waals surface area (Å²) >= 11 is 0. The fraction of sp³-hybridized carbons (Fsp3) is 0.857. The van der Waals surface area contributed by atoms with E-state index in [1.807, 2.05) is 0 Å². The number of ether oxygens (including phenoxy) is 14. The lowest BCUT2D eigenvalue weighted by atomic mass is 9.95. The number of esters is 1. The van der Waals surface area contributed by atoms with Gasteiger partial charge in [-0.2, -0.15) is 0 Å². The third-order valence-corrected chi connectivity index (χ3v) is 15.7. The molecule has 7 heterocycles. The van der Waals surface area contributed by atoms with Crippen LogP contribution in [0.2, 0.25) is 0 Å². The van der Waals surface area contributed by atoms with E-state index in [0.717, 1.165) is 0 Å². The van der Waals surface area contributed by atoms with Crippen LogP contribution in [0.4, 0.5) is 0 Å². The average molecular weight is 1260 g/mol. The van der Waals surface area contributed by atoms with E-state index in [2.05, 4.69) is 0 Å². The highest BCUT2D eigenvalue weighted by Gasteiger charge is 2.58. The Bertz CT molecular complexity index is 2230. The highest BCUT2D eigenvalue weighted by atomic mass is 16.8. The third kappa shape index (κ3) is 14.6. The number of hydrogen-bond donors (Lipinski definition) is 22. The predicted molar refractivity (Wildman–Crippen MR) is 261 cm³/mol. The van der Waals surface area contributed by atoms with Gasteiger partial charge in [0.05, 0.1) is 51.8 Å². The second kappa shape index (κ2) is 30.2. The molecule has 0 amide bonds. The van der Waals surface area contributed by atoms with E-state index in [-0.39, 0.29) is 5.56 Å². The first-order chi connectivity index (χ1) is 40.9. The molecule has 0 radical (unpaired) electrons. The number of aliphatic hydroxyl groups is 22. The third-order valence-electron chi connectivity index (χ3n) is 15.7. The molecule has 7 saturated heterocycles. The minimum Gasteiger partial charge on any atom is -0.450 e. The standard InChI is InChI=1S/C49H76O37/c50-6-14-21(55)28(62)31(65)44(76-14)73-11-19-26(60)39(84-45-32(66)29(63)22(56)15(7-51)77-45)35(69)48(80-19)85-38-25(59)18(10-54)78-46(34(38)68)86-40-27(61)20(81-47(36(40)70)83-37-24(58)17(9-53)75-43(72)33(37)67)12-74-49-41(30(64)23(57)16(8-52)79-49)82-42(71)13-4-2-1-3-5-13/h1-5,14-41,43-70,72H,6-12H2/t14?,15?,16?,17?,18?,19?,20?,21?,22?,23?,24?,25?,26-,27-,28?,29?,30?,31?,32?,33?,34?,35?,36?,37?,38?,39?,40?,41?,43?,44?,45?,46?,47?,48?,49?/m0/s1. The summed E-state index contributed by atoms with van der Waals surface area (Å²) in [4.78, 5) is 13.2. The van der Waals surface area contributed by atoms with E-state index in [1.54, 1.807) is 6.07 Å². The van der Waals surface area contributed by atoms with Crippen LogP contribution in [0.1, 0.15) is 10.4 Å². The maximum absolute atomic E-state index is 13.2.